The summed E-state index contributed by atoms with van der Waals surface area (Å²) in [6, 6.07) is 11.6. The number of hydrogen-bond donors (Lipinski definition) is 3. The van der Waals surface area contributed by atoms with Crippen LogP contribution in [0.3, 0.4) is 0 Å². The molecule has 1 atom stereocenters. The van der Waals surface area contributed by atoms with Crippen LogP contribution in [0.4, 0.5) is 15.8 Å². The molecule has 1 aliphatic rings. The summed E-state index contributed by atoms with van der Waals surface area (Å²) in [5, 5.41) is 5.24. The van der Waals surface area contributed by atoms with Crippen LogP contribution >= 0.6 is 0 Å². The Hall–Kier alpha value is -2.45. The van der Waals surface area contributed by atoms with Crippen LogP contribution in [-0.2, 0) is 14.8 Å². The predicted octanol–water partition coefficient (Wildman–Crippen LogP) is 1.49. The van der Waals surface area contributed by atoms with E-state index in [4.69, 9.17) is 0 Å². The van der Waals surface area contributed by atoms with Gasteiger partial charge in [-0.1, -0.05) is 18.2 Å². The first kappa shape index (κ1) is 14.5. The van der Waals surface area contributed by atoms with Gasteiger partial charge in [0.25, 0.3) is 5.91 Å². The molecule has 114 valence electrons. The van der Waals surface area contributed by atoms with Gasteiger partial charge in [0.05, 0.1) is 5.69 Å². The van der Waals surface area contributed by atoms with E-state index in [1.807, 2.05) is 0 Å². The summed E-state index contributed by atoms with van der Waals surface area (Å²) in [5.41, 5.74) is 0.575. The fourth-order valence-electron chi connectivity index (χ4n) is 2.12. The third-order valence-electron chi connectivity index (χ3n) is 3.10. The second kappa shape index (κ2) is 5.39. The highest BCUT2D eigenvalue weighted by Gasteiger charge is 2.32. The lowest BCUT2D eigenvalue weighted by molar-refractivity contribution is -0.117. The number of sulfonamides is 1. The van der Waals surface area contributed by atoms with E-state index >= 15 is 0 Å². The van der Waals surface area contributed by atoms with Gasteiger partial charge in [-0.15, -0.1) is 0 Å². The highest BCUT2D eigenvalue weighted by Crippen LogP contribution is 2.25. The molecule has 0 aromatic heterocycles. The van der Waals surface area contributed by atoms with Crippen molar-refractivity contribution in [3.63, 3.8) is 0 Å². The standard InChI is InChI=1S/C14H12FN3O3S/c15-9-4-3-5-10(8-9)16-14(19)13-17-11-6-1-2-7-12(11)22(20,21)18-13/h1-8,13,17-18H,(H,16,19)/t13-/m0/s1. The SMILES string of the molecule is O=C(Nc1cccc(F)c1)[C@H]1Nc2ccccc2S(=O)(=O)N1. The number of carbonyl (C=O) groups excluding carboxylic acids is 1. The van der Waals surface area contributed by atoms with Gasteiger partial charge in [-0.25, -0.2) is 12.8 Å². The molecule has 8 heteroatoms. The number of hydrogen-bond acceptors (Lipinski definition) is 4. The summed E-state index contributed by atoms with van der Waals surface area (Å²) in [7, 11) is -3.78. The van der Waals surface area contributed by atoms with Gasteiger partial charge in [0.1, 0.15) is 10.7 Å². The second-order valence-corrected chi connectivity index (χ2v) is 6.38. The predicted molar refractivity (Wildman–Crippen MR) is 79.2 cm³/mol. The number of anilines is 2. The molecule has 6 nitrogen and oxygen atoms in total. The Labute approximate surface area is 126 Å². The maximum absolute atomic E-state index is 13.1. The van der Waals surface area contributed by atoms with Gasteiger partial charge in [0, 0.05) is 5.69 Å². The third kappa shape index (κ3) is 2.78. The van der Waals surface area contributed by atoms with E-state index in [1.54, 1.807) is 18.2 Å². The van der Waals surface area contributed by atoms with Gasteiger partial charge in [0.15, 0.2) is 6.17 Å². The minimum atomic E-state index is -3.78. The number of fused-ring (bicyclic) bond motifs is 1. The Bertz CT molecular complexity index is 839. The minimum Gasteiger partial charge on any atom is -0.360 e. The first-order chi connectivity index (χ1) is 10.5. The fourth-order valence-corrected chi connectivity index (χ4v) is 3.40. The Morgan fingerprint density at radius 3 is 2.68 bits per heavy atom. The number of rotatable bonds is 2. The van der Waals surface area contributed by atoms with Crippen molar-refractivity contribution in [2.45, 2.75) is 11.1 Å². The zero-order valence-electron chi connectivity index (χ0n) is 11.2. The van der Waals surface area contributed by atoms with Crippen LogP contribution in [0.5, 0.6) is 0 Å². The van der Waals surface area contributed by atoms with Crippen molar-refractivity contribution in [1.82, 2.24) is 4.72 Å². The second-order valence-electron chi connectivity index (χ2n) is 4.69. The number of nitrogens with one attached hydrogen (secondary N) is 3. The zero-order valence-corrected chi connectivity index (χ0v) is 12.0. The summed E-state index contributed by atoms with van der Waals surface area (Å²) in [6.07, 6.45) is -1.18. The lowest BCUT2D eigenvalue weighted by Gasteiger charge is -2.27. The molecule has 22 heavy (non-hydrogen) atoms. The molecule has 0 saturated carbocycles. The van der Waals surface area contributed by atoms with Crippen molar-refractivity contribution in [3.05, 3.63) is 54.3 Å². The van der Waals surface area contributed by atoms with Gasteiger partial charge in [-0.2, -0.15) is 4.72 Å². The molecule has 3 rings (SSSR count). The number of benzene rings is 2. The molecule has 1 amide bonds. The van der Waals surface area contributed by atoms with E-state index in [0.29, 0.717) is 5.69 Å². The Kier molecular flexibility index (Phi) is 3.55. The average molecular weight is 321 g/mol. The van der Waals surface area contributed by atoms with Crippen molar-refractivity contribution < 1.29 is 17.6 Å². The van der Waals surface area contributed by atoms with Crippen LogP contribution < -0.4 is 15.4 Å². The Morgan fingerprint density at radius 2 is 1.91 bits per heavy atom. The van der Waals surface area contributed by atoms with Crippen molar-refractivity contribution >= 4 is 27.3 Å². The van der Waals surface area contributed by atoms with Gasteiger partial charge in [-0.3, -0.25) is 4.79 Å². The van der Waals surface area contributed by atoms with Crippen molar-refractivity contribution in [1.29, 1.82) is 0 Å². The lowest BCUT2D eigenvalue weighted by atomic mass is 10.3. The zero-order chi connectivity index (χ0) is 15.7. The molecule has 3 N–H and O–H groups in total. The van der Waals surface area contributed by atoms with E-state index in [0.717, 1.165) is 6.07 Å². The smallest absolute Gasteiger partial charge is 0.262 e. The molecular formula is C14H12FN3O3S. The molecular weight excluding hydrogens is 309 g/mol. The highest BCUT2D eigenvalue weighted by atomic mass is 32.2. The molecule has 0 radical (unpaired) electrons. The molecule has 0 spiro atoms. The van der Waals surface area contributed by atoms with E-state index in [1.165, 1.54) is 24.3 Å². The third-order valence-corrected chi connectivity index (χ3v) is 4.58. The fraction of sp³-hybridized carbons (Fsp3) is 0.0714. The van der Waals surface area contributed by atoms with E-state index < -0.39 is 27.9 Å². The van der Waals surface area contributed by atoms with Gasteiger partial charge < -0.3 is 10.6 Å². The average Bonchev–Trinajstić information content (AvgIpc) is 2.46. The molecule has 0 bridgehead atoms. The van der Waals surface area contributed by atoms with Gasteiger partial charge >= 0.3 is 0 Å². The molecule has 0 unspecified atom stereocenters. The molecule has 0 aliphatic carbocycles. The van der Waals surface area contributed by atoms with Crippen LogP contribution in [0.2, 0.25) is 0 Å². The van der Waals surface area contributed by atoms with Gasteiger partial charge in [-0.05, 0) is 30.3 Å². The Morgan fingerprint density at radius 1 is 1.14 bits per heavy atom. The monoisotopic (exact) mass is 321 g/mol. The topological polar surface area (TPSA) is 87.3 Å². The number of para-hydroxylation sites is 1. The van der Waals surface area contributed by atoms with Crippen LogP contribution in [0.25, 0.3) is 0 Å². The summed E-state index contributed by atoms with van der Waals surface area (Å²) in [4.78, 5) is 12.2. The summed E-state index contributed by atoms with van der Waals surface area (Å²) >= 11 is 0. The Balaban J connectivity index is 1.84. The first-order valence-electron chi connectivity index (χ1n) is 6.40. The van der Waals surface area contributed by atoms with Crippen LogP contribution in [0.1, 0.15) is 0 Å². The first-order valence-corrected chi connectivity index (χ1v) is 7.88. The molecule has 2 aromatic rings. The van der Waals surface area contributed by atoms with Crippen molar-refractivity contribution in [2.75, 3.05) is 10.6 Å². The molecule has 0 saturated heterocycles. The van der Waals surface area contributed by atoms with Crippen LogP contribution in [0, 0.1) is 5.82 Å². The van der Waals surface area contributed by atoms with Crippen molar-refractivity contribution in [2.24, 2.45) is 0 Å². The van der Waals surface area contributed by atoms with Crippen LogP contribution in [0.15, 0.2) is 53.4 Å². The van der Waals surface area contributed by atoms with Crippen molar-refractivity contribution in [3.8, 4) is 0 Å². The molecule has 1 heterocycles. The number of halogens is 1. The lowest BCUT2D eigenvalue weighted by Crippen LogP contribution is -2.51. The number of carbonyl (C=O) groups is 1. The maximum Gasteiger partial charge on any atom is 0.262 e. The molecule has 1 aliphatic heterocycles. The van der Waals surface area contributed by atoms with E-state index in [9.17, 15) is 17.6 Å². The number of amides is 1. The normalized spacial score (nSPS) is 18.9. The van der Waals surface area contributed by atoms with E-state index in [2.05, 4.69) is 15.4 Å². The minimum absolute atomic E-state index is 0.0739. The summed E-state index contributed by atoms with van der Waals surface area (Å²) in [6.45, 7) is 0. The van der Waals surface area contributed by atoms with Crippen LogP contribution in [-0.4, -0.2) is 20.5 Å². The molecule has 2 aromatic carbocycles. The van der Waals surface area contributed by atoms with Gasteiger partial charge in [0.2, 0.25) is 10.0 Å². The largest absolute Gasteiger partial charge is 0.360 e. The van der Waals surface area contributed by atoms with E-state index in [-0.39, 0.29) is 10.6 Å². The quantitative estimate of drug-likeness (QED) is 0.782. The summed E-state index contributed by atoms with van der Waals surface area (Å²) in [5.74, 6) is -1.14. The maximum atomic E-state index is 13.1. The summed E-state index contributed by atoms with van der Waals surface area (Å²) < 4.78 is 39.5. The highest BCUT2D eigenvalue weighted by molar-refractivity contribution is 7.89. The molecule has 0 fully saturated rings.